The van der Waals surface area contributed by atoms with E-state index in [9.17, 15) is 4.79 Å². The number of aromatic amines is 1. The molecule has 0 fully saturated rings. The van der Waals surface area contributed by atoms with Crippen LogP contribution in [0.3, 0.4) is 0 Å². The first-order chi connectivity index (χ1) is 11.1. The lowest BCUT2D eigenvalue weighted by molar-refractivity contribution is 0.205. The third-order valence-electron chi connectivity index (χ3n) is 4.06. The molecule has 1 heterocycles. The summed E-state index contributed by atoms with van der Waals surface area (Å²) in [6, 6.07) is 11.9. The summed E-state index contributed by atoms with van der Waals surface area (Å²) in [4.78, 5) is 13.7. The quantitative estimate of drug-likeness (QED) is 0.819. The van der Waals surface area contributed by atoms with E-state index >= 15 is 0 Å². The molecular formula is C18H26N4O. The molecule has 5 nitrogen and oxygen atoms in total. The Balaban J connectivity index is 1.84. The minimum atomic E-state index is -0.0517. The Hall–Kier alpha value is -2.30. The molecule has 5 heteroatoms. The number of carbonyl (C=O) groups is 1. The predicted molar refractivity (Wildman–Crippen MR) is 93.0 cm³/mol. The molecule has 0 radical (unpaired) electrons. The average Bonchev–Trinajstić information content (AvgIpc) is 3.03. The summed E-state index contributed by atoms with van der Waals surface area (Å²) in [5.74, 6) is 0.640. The number of amides is 2. The number of urea groups is 1. The van der Waals surface area contributed by atoms with E-state index in [0.717, 1.165) is 36.3 Å². The van der Waals surface area contributed by atoms with Crippen LogP contribution < -0.4 is 5.32 Å². The molecular weight excluding hydrogens is 288 g/mol. The predicted octanol–water partition coefficient (Wildman–Crippen LogP) is 3.65. The first kappa shape index (κ1) is 17.1. The van der Waals surface area contributed by atoms with E-state index in [-0.39, 0.29) is 6.03 Å². The lowest BCUT2D eigenvalue weighted by Crippen LogP contribution is -2.37. The maximum Gasteiger partial charge on any atom is 0.317 e. The van der Waals surface area contributed by atoms with Crippen LogP contribution in [-0.2, 0) is 6.54 Å². The van der Waals surface area contributed by atoms with E-state index < -0.39 is 0 Å². The van der Waals surface area contributed by atoms with Crippen molar-refractivity contribution >= 4 is 6.03 Å². The molecule has 0 aliphatic heterocycles. The summed E-state index contributed by atoms with van der Waals surface area (Å²) < 4.78 is 0. The van der Waals surface area contributed by atoms with Gasteiger partial charge in [0.25, 0.3) is 0 Å². The van der Waals surface area contributed by atoms with E-state index in [0.29, 0.717) is 12.5 Å². The van der Waals surface area contributed by atoms with Gasteiger partial charge in [-0.05, 0) is 18.4 Å². The number of aromatic nitrogens is 2. The monoisotopic (exact) mass is 314 g/mol. The highest BCUT2D eigenvalue weighted by Crippen LogP contribution is 2.17. The number of hydrogen-bond donors (Lipinski definition) is 2. The van der Waals surface area contributed by atoms with Gasteiger partial charge in [-0.15, -0.1) is 0 Å². The number of hydrogen-bond acceptors (Lipinski definition) is 2. The molecule has 2 aromatic rings. The molecule has 0 bridgehead atoms. The van der Waals surface area contributed by atoms with E-state index in [1.54, 1.807) is 11.9 Å². The maximum atomic E-state index is 12.1. The normalized spacial score (nSPS) is 12.0. The molecule has 0 aliphatic carbocycles. The van der Waals surface area contributed by atoms with Crippen LogP contribution in [0.5, 0.6) is 0 Å². The third-order valence-corrected chi connectivity index (χ3v) is 4.06. The zero-order valence-corrected chi connectivity index (χ0v) is 14.2. The summed E-state index contributed by atoms with van der Waals surface area (Å²) >= 11 is 0. The van der Waals surface area contributed by atoms with Crippen LogP contribution in [-0.4, -0.2) is 34.7 Å². The number of nitrogens with zero attached hydrogens (tertiary/aromatic N) is 2. The van der Waals surface area contributed by atoms with Crippen molar-refractivity contribution < 1.29 is 4.79 Å². The Morgan fingerprint density at radius 3 is 2.78 bits per heavy atom. The second kappa shape index (κ2) is 8.36. The fourth-order valence-electron chi connectivity index (χ4n) is 2.29. The molecule has 1 atom stereocenters. The lowest BCUT2D eigenvalue weighted by atomic mass is 10.1. The Bertz CT molecular complexity index is 608. The molecule has 2 amide bonds. The van der Waals surface area contributed by atoms with E-state index in [2.05, 4.69) is 29.4 Å². The van der Waals surface area contributed by atoms with E-state index in [4.69, 9.17) is 0 Å². The minimum absolute atomic E-state index is 0.0517. The summed E-state index contributed by atoms with van der Waals surface area (Å²) in [6.07, 6.45) is 2.15. The van der Waals surface area contributed by atoms with Gasteiger partial charge in [-0.2, -0.15) is 5.10 Å². The van der Waals surface area contributed by atoms with Crippen molar-refractivity contribution in [2.24, 2.45) is 5.92 Å². The topological polar surface area (TPSA) is 61.0 Å². The second-order valence-corrected chi connectivity index (χ2v) is 6.03. The molecule has 2 N–H and O–H groups in total. The molecule has 1 aromatic carbocycles. The highest BCUT2D eigenvalue weighted by atomic mass is 16.2. The number of nitrogens with one attached hydrogen (secondary N) is 2. The van der Waals surface area contributed by atoms with Crippen LogP contribution in [0.25, 0.3) is 11.3 Å². The van der Waals surface area contributed by atoms with Crippen molar-refractivity contribution in [2.75, 3.05) is 13.6 Å². The summed E-state index contributed by atoms with van der Waals surface area (Å²) in [6.45, 7) is 5.60. The van der Waals surface area contributed by atoms with Crippen molar-refractivity contribution in [3.63, 3.8) is 0 Å². The van der Waals surface area contributed by atoms with Crippen LogP contribution in [0.15, 0.2) is 36.4 Å². The summed E-state index contributed by atoms with van der Waals surface area (Å²) in [7, 11) is 1.79. The van der Waals surface area contributed by atoms with Crippen molar-refractivity contribution in [1.29, 1.82) is 0 Å². The third kappa shape index (κ3) is 5.13. The highest BCUT2D eigenvalue weighted by molar-refractivity contribution is 5.73. The van der Waals surface area contributed by atoms with Crippen molar-refractivity contribution in [3.05, 3.63) is 42.1 Å². The molecule has 0 spiro atoms. The van der Waals surface area contributed by atoms with Gasteiger partial charge in [0.15, 0.2) is 0 Å². The molecule has 0 saturated heterocycles. The second-order valence-electron chi connectivity index (χ2n) is 6.03. The van der Waals surface area contributed by atoms with Crippen LogP contribution in [0.1, 0.15) is 32.4 Å². The van der Waals surface area contributed by atoms with Crippen molar-refractivity contribution in [1.82, 2.24) is 20.4 Å². The molecule has 2 rings (SSSR count). The summed E-state index contributed by atoms with van der Waals surface area (Å²) in [5, 5.41) is 10.3. The first-order valence-electron chi connectivity index (χ1n) is 8.18. The SMILES string of the molecule is CCC(C)CCNC(=O)N(C)Cc1cc(-c2ccccc2)n[nH]1. The fourth-order valence-corrected chi connectivity index (χ4v) is 2.29. The van der Waals surface area contributed by atoms with Crippen molar-refractivity contribution in [3.8, 4) is 11.3 Å². The van der Waals surface area contributed by atoms with Crippen molar-refractivity contribution in [2.45, 2.75) is 33.2 Å². The number of carbonyl (C=O) groups excluding carboxylic acids is 1. The Morgan fingerprint density at radius 1 is 1.35 bits per heavy atom. The van der Waals surface area contributed by atoms with E-state index in [1.807, 2.05) is 36.4 Å². The Kier molecular flexibility index (Phi) is 6.20. The van der Waals surface area contributed by atoms with Gasteiger partial charge < -0.3 is 10.2 Å². The highest BCUT2D eigenvalue weighted by Gasteiger charge is 2.11. The maximum absolute atomic E-state index is 12.1. The molecule has 124 valence electrons. The number of H-pyrrole nitrogens is 1. The molecule has 1 unspecified atom stereocenters. The Morgan fingerprint density at radius 2 is 2.09 bits per heavy atom. The average molecular weight is 314 g/mol. The molecule has 1 aromatic heterocycles. The largest absolute Gasteiger partial charge is 0.338 e. The van der Waals surface area contributed by atoms with Gasteiger partial charge in [0.1, 0.15) is 0 Å². The zero-order valence-electron chi connectivity index (χ0n) is 14.2. The first-order valence-corrected chi connectivity index (χ1v) is 8.18. The molecule has 23 heavy (non-hydrogen) atoms. The molecule has 0 saturated carbocycles. The lowest BCUT2D eigenvalue weighted by Gasteiger charge is -2.17. The van der Waals surface area contributed by atoms with Crippen LogP contribution in [0.2, 0.25) is 0 Å². The minimum Gasteiger partial charge on any atom is -0.338 e. The van der Waals surface area contributed by atoms with Crippen LogP contribution >= 0.6 is 0 Å². The number of benzene rings is 1. The molecule has 0 aliphatic rings. The van der Waals surface area contributed by atoms with E-state index in [1.165, 1.54) is 0 Å². The number of rotatable bonds is 7. The standard InChI is InChI=1S/C18H26N4O/c1-4-14(2)10-11-19-18(23)22(3)13-16-12-17(21-20-16)15-8-6-5-7-9-15/h5-9,12,14H,4,10-11,13H2,1-3H3,(H,19,23)(H,20,21). The zero-order chi connectivity index (χ0) is 16.7. The van der Waals surface area contributed by atoms with Gasteiger partial charge in [-0.25, -0.2) is 4.79 Å². The van der Waals surface area contributed by atoms with Crippen LogP contribution in [0.4, 0.5) is 4.79 Å². The Labute approximate surface area is 138 Å². The summed E-state index contributed by atoms with van der Waals surface area (Å²) in [5.41, 5.74) is 2.88. The van der Waals surface area contributed by atoms with Gasteiger partial charge >= 0.3 is 6.03 Å². The van der Waals surface area contributed by atoms with Crippen LogP contribution in [0, 0.1) is 5.92 Å². The van der Waals surface area contributed by atoms with Gasteiger partial charge in [0.2, 0.25) is 0 Å². The smallest absolute Gasteiger partial charge is 0.317 e. The van der Waals surface area contributed by atoms with Gasteiger partial charge in [0, 0.05) is 19.2 Å². The van der Waals surface area contributed by atoms with Gasteiger partial charge in [0.05, 0.1) is 17.9 Å². The fraction of sp³-hybridized carbons (Fsp3) is 0.444. The van der Waals surface area contributed by atoms with Gasteiger partial charge in [-0.1, -0.05) is 50.6 Å². The van der Waals surface area contributed by atoms with Gasteiger partial charge in [-0.3, -0.25) is 5.10 Å².